The lowest BCUT2D eigenvalue weighted by Gasteiger charge is -2.10. The van der Waals surface area contributed by atoms with Crippen LogP contribution in [0.3, 0.4) is 0 Å². The quantitative estimate of drug-likeness (QED) is 0.734. The zero-order valence-electron chi connectivity index (χ0n) is 14.7. The summed E-state index contributed by atoms with van der Waals surface area (Å²) in [6, 6.07) is 14.2. The summed E-state index contributed by atoms with van der Waals surface area (Å²) in [6.45, 7) is 2.26. The van der Waals surface area contributed by atoms with Gasteiger partial charge in [-0.3, -0.25) is 0 Å². The largest absolute Gasteiger partial charge is 0.486 e. The smallest absolute Gasteiger partial charge is 0.232 e. The highest BCUT2D eigenvalue weighted by atomic mass is 16.5. The molecule has 6 nitrogen and oxygen atoms in total. The van der Waals surface area contributed by atoms with Crippen LogP contribution in [0.1, 0.15) is 28.9 Å². The first-order valence-electron chi connectivity index (χ1n) is 8.75. The van der Waals surface area contributed by atoms with Gasteiger partial charge in [0.05, 0.1) is 0 Å². The first kappa shape index (κ1) is 16.3. The summed E-state index contributed by atoms with van der Waals surface area (Å²) in [5, 5.41) is 3.19. The van der Waals surface area contributed by atoms with Crippen molar-refractivity contribution < 1.29 is 4.74 Å². The van der Waals surface area contributed by atoms with E-state index in [4.69, 9.17) is 10.5 Å². The van der Waals surface area contributed by atoms with Crippen LogP contribution in [0, 0.1) is 6.92 Å². The van der Waals surface area contributed by atoms with Gasteiger partial charge in [-0.2, -0.15) is 15.0 Å². The van der Waals surface area contributed by atoms with E-state index in [1.54, 1.807) is 0 Å². The lowest BCUT2D eigenvalue weighted by molar-refractivity contribution is 0.295. The molecule has 0 fully saturated rings. The Morgan fingerprint density at radius 1 is 1.04 bits per heavy atom. The molecule has 4 rings (SSSR count). The van der Waals surface area contributed by atoms with Gasteiger partial charge >= 0.3 is 0 Å². The van der Waals surface area contributed by atoms with E-state index in [1.807, 2.05) is 37.3 Å². The number of nitrogens with one attached hydrogen (secondary N) is 1. The van der Waals surface area contributed by atoms with Crippen LogP contribution in [0.5, 0.6) is 5.75 Å². The number of hydrogen-bond donors (Lipinski definition) is 2. The minimum Gasteiger partial charge on any atom is -0.486 e. The summed E-state index contributed by atoms with van der Waals surface area (Å²) in [7, 11) is 0. The first-order valence-corrected chi connectivity index (χ1v) is 8.75. The molecule has 2 aromatic carbocycles. The van der Waals surface area contributed by atoms with E-state index in [1.165, 1.54) is 17.5 Å². The van der Waals surface area contributed by atoms with Gasteiger partial charge in [0.15, 0.2) is 5.82 Å². The van der Waals surface area contributed by atoms with Crippen LogP contribution >= 0.6 is 0 Å². The standard InChI is InChI=1S/C20H21N5O/c1-13-5-2-3-8-17(13)22-20-24-18(23-19(21)25-20)12-26-16-10-9-14-6-4-7-15(14)11-16/h2-3,5,8-11H,4,6-7,12H2,1H3,(H3,21,22,23,24,25). The minimum absolute atomic E-state index is 0.170. The average Bonchev–Trinajstić information content (AvgIpc) is 3.09. The molecule has 26 heavy (non-hydrogen) atoms. The number of ether oxygens (including phenoxy) is 1. The molecular weight excluding hydrogens is 326 g/mol. The number of rotatable bonds is 5. The zero-order chi connectivity index (χ0) is 17.9. The van der Waals surface area contributed by atoms with Gasteiger partial charge in [-0.25, -0.2) is 0 Å². The van der Waals surface area contributed by atoms with Crippen molar-refractivity contribution in [1.29, 1.82) is 0 Å². The van der Waals surface area contributed by atoms with Gasteiger partial charge in [-0.05, 0) is 61.1 Å². The number of nitrogen functional groups attached to an aromatic ring is 1. The average molecular weight is 347 g/mol. The Hall–Kier alpha value is -3.15. The molecule has 0 atom stereocenters. The van der Waals surface area contributed by atoms with Crippen LogP contribution in [-0.2, 0) is 19.4 Å². The number of aryl methyl sites for hydroxylation is 3. The van der Waals surface area contributed by atoms with Crippen LogP contribution < -0.4 is 15.8 Å². The fraction of sp³-hybridized carbons (Fsp3) is 0.250. The second-order valence-corrected chi connectivity index (χ2v) is 6.45. The molecule has 0 saturated heterocycles. The number of nitrogens with zero attached hydrogens (tertiary/aromatic N) is 3. The van der Waals surface area contributed by atoms with Crippen molar-refractivity contribution in [3.05, 3.63) is 65.0 Å². The Kier molecular flexibility index (Phi) is 4.39. The topological polar surface area (TPSA) is 86.0 Å². The van der Waals surface area contributed by atoms with Gasteiger partial charge in [0.1, 0.15) is 12.4 Å². The van der Waals surface area contributed by atoms with E-state index in [2.05, 4.69) is 32.4 Å². The minimum atomic E-state index is 0.170. The molecule has 3 aromatic rings. The molecule has 1 aromatic heterocycles. The van der Waals surface area contributed by atoms with E-state index in [0.717, 1.165) is 29.8 Å². The summed E-state index contributed by atoms with van der Waals surface area (Å²) in [6.07, 6.45) is 3.50. The second-order valence-electron chi connectivity index (χ2n) is 6.45. The number of anilines is 3. The SMILES string of the molecule is Cc1ccccc1Nc1nc(N)nc(COc2ccc3c(c2)CCC3)n1. The Morgan fingerprint density at radius 2 is 1.88 bits per heavy atom. The number of hydrogen-bond acceptors (Lipinski definition) is 6. The van der Waals surface area contributed by atoms with Crippen LogP contribution in [0.15, 0.2) is 42.5 Å². The van der Waals surface area contributed by atoms with Crippen molar-refractivity contribution in [3.8, 4) is 5.75 Å². The third-order valence-electron chi connectivity index (χ3n) is 4.53. The summed E-state index contributed by atoms with van der Waals surface area (Å²) >= 11 is 0. The van der Waals surface area contributed by atoms with E-state index in [-0.39, 0.29) is 12.6 Å². The number of benzene rings is 2. The maximum Gasteiger partial charge on any atom is 0.232 e. The van der Waals surface area contributed by atoms with Gasteiger partial charge in [0.25, 0.3) is 0 Å². The Labute approximate surface area is 152 Å². The molecule has 132 valence electrons. The number of para-hydroxylation sites is 1. The van der Waals surface area contributed by atoms with E-state index < -0.39 is 0 Å². The maximum atomic E-state index is 5.87. The second kappa shape index (κ2) is 7.00. The fourth-order valence-corrected chi connectivity index (χ4v) is 3.18. The van der Waals surface area contributed by atoms with Crippen LogP contribution in [-0.4, -0.2) is 15.0 Å². The Bertz CT molecular complexity index is 941. The third-order valence-corrected chi connectivity index (χ3v) is 4.53. The molecule has 0 unspecified atom stereocenters. The van der Waals surface area contributed by atoms with Crippen LogP contribution in [0.25, 0.3) is 0 Å². The molecule has 3 N–H and O–H groups in total. The highest BCUT2D eigenvalue weighted by molar-refractivity contribution is 5.58. The predicted octanol–water partition coefficient (Wildman–Crippen LogP) is 3.57. The number of aromatic nitrogens is 3. The Morgan fingerprint density at radius 3 is 2.77 bits per heavy atom. The lowest BCUT2D eigenvalue weighted by Crippen LogP contribution is -2.09. The predicted molar refractivity (Wildman–Crippen MR) is 102 cm³/mol. The molecule has 0 aliphatic heterocycles. The van der Waals surface area contributed by atoms with Gasteiger partial charge < -0.3 is 15.8 Å². The monoisotopic (exact) mass is 347 g/mol. The van der Waals surface area contributed by atoms with Crippen molar-refractivity contribution in [2.75, 3.05) is 11.1 Å². The molecule has 1 heterocycles. The molecule has 0 amide bonds. The third kappa shape index (κ3) is 3.59. The lowest BCUT2D eigenvalue weighted by atomic mass is 10.1. The molecular formula is C20H21N5O. The normalized spacial score (nSPS) is 12.7. The van der Waals surface area contributed by atoms with Gasteiger partial charge in [-0.15, -0.1) is 0 Å². The Balaban J connectivity index is 1.48. The summed E-state index contributed by atoms with van der Waals surface area (Å²) < 4.78 is 5.87. The van der Waals surface area contributed by atoms with Crippen molar-refractivity contribution in [2.45, 2.75) is 32.8 Å². The molecule has 6 heteroatoms. The highest BCUT2D eigenvalue weighted by Gasteiger charge is 2.12. The van der Waals surface area contributed by atoms with Crippen molar-refractivity contribution in [3.63, 3.8) is 0 Å². The first-order chi connectivity index (χ1) is 12.7. The van der Waals surface area contributed by atoms with Crippen LogP contribution in [0.4, 0.5) is 17.6 Å². The van der Waals surface area contributed by atoms with Gasteiger partial charge in [0, 0.05) is 5.69 Å². The van der Waals surface area contributed by atoms with E-state index >= 15 is 0 Å². The summed E-state index contributed by atoms with van der Waals surface area (Å²) in [5.41, 5.74) is 10.7. The molecule has 1 aliphatic carbocycles. The maximum absolute atomic E-state index is 5.87. The molecule has 0 spiro atoms. The molecule has 1 aliphatic rings. The number of fused-ring (bicyclic) bond motifs is 1. The highest BCUT2D eigenvalue weighted by Crippen LogP contribution is 2.26. The van der Waals surface area contributed by atoms with Gasteiger partial charge in [0.2, 0.25) is 11.9 Å². The summed E-state index contributed by atoms with van der Waals surface area (Å²) in [5.74, 6) is 1.91. The van der Waals surface area contributed by atoms with E-state index in [9.17, 15) is 0 Å². The molecule has 0 radical (unpaired) electrons. The van der Waals surface area contributed by atoms with Crippen molar-refractivity contribution >= 4 is 17.6 Å². The number of nitrogens with two attached hydrogens (primary N) is 1. The van der Waals surface area contributed by atoms with E-state index in [0.29, 0.717) is 11.8 Å². The van der Waals surface area contributed by atoms with Crippen LogP contribution in [0.2, 0.25) is 0 Å². The zero-order valence-corrected chi connectivity index (χ0v) is 14.7. The molecule has 0 bridgehead atoms. The summed E-state index contributed by atoms with van der Waals surface area (Å²) in [4.78, 5) is 12.8. The van der Waals surface area contributed by atoms with Crippen molar-refractivity contribution in [2.24, 2.45) is 0 Å². The fourth-order valence-electron chi connectivity index (χ4n) is 3.18. The molecule has 0 saturated carbocycles. The van der Waals surface area contributed by atoms with Gasteiger partial charge in [-0.1, -0.05) is 24.3 Å². The van der Waals surface area contributed by atoms with Crippen molar-refractivity contribution in [1.82, 2.24) is 15.0 Å².